The first kappa shape index (κ1) is 17.7. The van der Waals surface area contributed by atoms with Crippen LogP contribution in [0.1, 0.15) is 48.9 Å². The number of hydrogen-bond donors (Lipinski definition) is 0. The lowest BCUT2D eigenvalue weighted by molar-refractivity contribution is 0.214. The molecule has 0 atom stereocenters. The number of rotatable bonds is 8. The quantitative estimate of drug-likeness (QED) is 0.606. The molecule has 27 heavy (non-hydrogen) atoms. The lowest BCUT2D eigenvalue weighted by Gasteiger charge is -2.22. The van der Waals surface area contributed by atoms with Crippen LogP contribution in [0.15, 0.2) is 47.1 Å². The van der Waals surface area contributed by atoms with Crippen LogP contribution in [0.2, 0.25) is 0 Å². The van der Waals surface area contributed by atoms with Gasteiger partial charge in [-0.05, 0) is 53.1 Å². The van der Waals surface area contributed by atoms with Gasteiger partial charge in [0.25, 0.3) is 0 Å². The number of benzene rings is 1. The van der Waals surface area contributed by atoms with Crippen LogP contribution in [-0.2, 0) is 19.6 Å². The van der Waals surface area contributed by atoms with E-state index in [9.17, 15) is 0 Å². The molecule has 2 aromatic heterocycles. The Morgan fingerprint density at radius 3 is 2.63 bits per heavy atom. The summed E-state index contributed by atoms with van der Waals surface area (Å²) in [5.41, 5.74) is 1.21. The maximum absolute atomic E-state index is 5.57. The molecule has 1 aliphatic carbocycles. The van der Waals surface area contributed by atoms with Crippen LogP contribution < -0.4 is 4.74 Å². The maximum atomic E-state index is 5.57. The first-order chi connectivity index (χ1) is 13.3. The third-order valence-corrected chi connectivity index (χ3v) is 5.12. The van der Waals surface area contributed by atoms with Gasteiger partial charge in [-0.3, -0.25) is 4.90 Å². The number of aromatic nitrogens is 4. The molecule has 1 saturated carbocycles. The summed E-state index contributed by atoms with van der Waals surface area (Å²) in [5, 5.41) is 12.5. The Bertz CT molecular complexity index is 822. The molecule has 7 nitrogen and oxygen atoms in total. The molecule has 0 amide bonds. The number of methoxy groups -OCH3 is 1. The predicted molar refractivity (Wildman–Crippen MR) is 100.0 cm³/mol. The summed E-state index contributed by atoms with van der Waals surface area (Å²) in [6, 6.07) is 12.5. The van der Waals surface area contributed by atoms with E-state index in [1.165, 1.54) is 18.4 Å². The number of hydrogen-bond acceptors (Lipinski definition) is 6. The Hall–Kier alpha value is -2.67. The second kappa shape index (κ2) is 8.35. The van der Waals surface area contributed by atoms with Crippen molar-refractivity contribution in [3.05, 3.63) is 59.8 Å². The lowest BCUT2D eigenvalue weighted by atomic mass is 10.2. The zero-order chi connectivity index (χ0) is 18.5. The molecule has 142 valence electrons. The molecule has 0 bridgehead atoms. The van der Waals surface area contributed by atoms with Crippen molar-refractivity contribution in [1.82, 2.24) is 25.1 Å². The molecule has 2 heterocycles. The smallest absolute Gasteiger partial charge is 0.165 e. The summed E-state index contributed by atoms with van der Waals surface area (Å²) in [4.78, 5) is 2.30. The van der Waals surface area contributed by atoms with E-state index < -0.39 is 0 Å². The predicted octanol–water partition coefficient (Wildman–Crippen LogP) is 3.59. The molecule has 0 N–H and O–H groups in total. The van der Waals surface area contributed by atoms with Gasteiger partial charge in [-0.1, -0.05) is 25.0 Å². The van der Waals surface area contributed by atoms with Crippen molar-refractivity contribution in [2.24, 2.45) is 0 Å². The van der Waals surface area contributed by atoms with Gasteiger partial charge in [0.05, 0.1) is 32.5 Å². The minimum absolute atomic E-state index is 0.432. The van der Waals surface area contributed by atoms with Gasteiger partial charge in [-0.15, -0.1) is 5.10 Å². The normalized spacial score (nSPS) is 14.9. The molecular formula is C20H25N5O2. The maximum Gasteiger partial charge on any atom is 0.165 e. The summed E-state index contributed by atoms with van der Waals surface area (Å²) >= 11 is 0. The summed E-state index contributed by atoms with van der Waals surface area (Å²) < 4.78 is 12.9. The average molecular weight is 367 g/mol. The fourth-order valence-corrected chi connectivity index (χ4v) is 3.73. The highest BCUT2D eigenvalue weighted by molar-refractivity contribution is 5.27. The van der Waals surface area contributed by atoms with Gasteiger partial charge in [-0.2, -0.15) is 0 Å². The second-order valence-electron chi connectivity index (χ2n) is 7.05. The number of nitrogens with zero attached hydrogens (tertiary/aromatic N) is 5. The van der Waals surface area contributed by atoms with Crippen molar-refractivity contribution in [3.63, 3.8) is 0 Å². The van der Waals surface area contributed by atoms with E-state index in [1.807, 2.05) is 28.9 Å². The van der Waals surface area contributed by atoms with Gasteiger partial charge in [0.1, 0.15) is 11.5 Å². The van der Waals surface area contributed by atoms with Crippen LogP contribution >= 0.6 is 0 Å². The topological polar surface area (TPSA) is 69.2 Å². The largest absolute Gasteiger partial charge is 0.497 e. The molecule has 7 heteroatoms. The first-order valence-electron chi connectivity index (χ1n) is 9.46. The minimum atomic E-state index is 0.432. The van der Waals surface area contributed by atoms with E-state index >= 15 is 0 Å². The Labute approximate surface area is 158 Å². The van der Waals surface area contributed by atoms with Gasteiger partial charge >= 0.3 is 0 Å². The zero-order valence-electron chi connectivity index (χ0n) is 15.6. The summed E-state index contributed by atoms with van der Waals surface area (Å²) in [7, 11) is 1.68. The number of furan rings is 1. The first-order valence-corrected chi connectivity index (χ1v) is 9.46. The van der Waals surface area contributed by atoms with Crippen LogP contribution in [0, 0.1) is 0 Å². The van der Waals surface area contributed by atoms with Gasteiger partial charge in [0, 0.05) is 6.54 Å². The number of tetrazole rings is 1. The van der Waals surface area contributed by atoms with Crippen LogP contribution in [0.3, 0.4) is 0 Å². The van der Waals surface area contributed by atoms with Crippen LogP contribution in [0.4, 0.5) is 0 Å². The van der Waals surface area contributed by atoms with Crippen molar-refractivity contribution < 1.29 is 9.15 Å². The lowest BCUT2D eigenvalue weighted by Crippen LogP contribution is -2.25. The van der Waals surface area contributed by atoms with Crippen LogP contribution in [0.25, 0.3) is 0 Å². The molecule has 1 aliphatic rings. The van der Waals surface area contributed by atoms with Crippen molar-refractivity contribution in [2.75, 3.05) is 7.11 Å². The highest BCUT2D eigenvalue weighted by Crippen LogP contribution is 2.29. The molecule has 0 aliphatic heterocycles. The average Bonchev–Trinajstić information content (AvgIpc) is 3.45. The minimum Gasteiger partial charge on any atom is -0.497 e. The Morgan fingerprint density at radius 1 is 1.11 bits per heavy atom. The Kier molecular flexibility index (Phi) is 5.48. The highest BCUT2D eigenvalue weighted by Gasteiger charge is 2.23. The van der Waals surface area contributed by atoms with Gasteiger partial charge < -0.3 is 9.15 Å². The van der Waals surface area contributed by atoms with Crippen LogP contribution in [0.5, 0.6) is 5.75 Å². The van der Waals surface area contributed by atoms with Crippen molar-refractivity contribution in [1.29, 1.82) is 0 Å². The number of ether oxygens (including phenoxy) is 1. The Morgan fingerprint density at radius 2 is 1.93 bits per heavy atom. The Balaban J connectivity index is 1.51. The van der Waals surface area contributed by atoms with E-state index in [0.717, 1.165) is 36.7 Å². The SMILES string of the molecule is COc1ccc(CN(Cc2ccco2)Cc2nnnn2C2CCCC2)cc1. The third kappa shape index (κ3) is 4.36. The fourth-order valence-electron chi connectivity index (χ4n) is 3.73. The fraction of sp³-hybridized carbons (Fsp3) is 0.450. The highest BCUT2D eigenvalue weighted by atomic mass is 16.5. The molecule has 0 saturated heterocycles. The molecule has 4 rings (SSSR count). The molecule has 0 spiro atoms. The van der Waals surface area contributed by atoms with E-state index in [-0.39, 0.29) is 0 Å². The monoisotopic (exact) mass is 367 g/mol. The van der Waals surface area contributed by atoms with Crippen molar-refractivity contribution in [2.45, 2.75) is 51.4 Å². The molecule has 0 radical (unpaired) electrons. The summed E-state index contributed by atoms with van der Waals surface area (Å²) in [6.45, 7) is 2.16. The van der Waals surface area contributed by atoms with E-state index in [2.05, 4.69) is 32.6 Å². The molecule has 0 unspecified atom stereocenters. The van der Waals surface area contributed by atoms with Gasteiger partial charge in [-0.25, -0.2) is 4.68 Å². The third-order valence-electron chi connectivity index (χ3n) is 5.12. The summed E-state index contributed by atoms with van der Waals surface area (Å²) in [5.74, 6) is 2.71. The molecule has 1 aromatic carbocycles. The summed E-state index contributed by atoms with van der Waals surface area (Å²) in [6.07, 6.45) is 6.55. The molecular weight excluding hydrogens is 342 g/mol. The van der Waals surface area contributed by atoms with Crippen LogP contribution in [-0.4, -0.2) is 32.2 Å². The van der Waals surface area contributed by atoms with Crippen molar-refractivity contribution in [3.8, 4) is 5.75 Å². The zero-order valence-corrected chi connectivity index (χ0v) is 15.6. The van der Waals surface area contributed by atoms with E-state index in [0.29, 0.717) is 19.1 Å². The molecule has 3 aromatic rings. The van der Waals surface area contributed by atoms with E-state index in [4.69, 9.17) is 9.15 Å². The van der Waals surface area contributed by atoms with Gasteiger partial charge in [0.15, 0.2) is 5.82 Å². The van der Waals surface area contributed by atoms with Crippen molar-refractivity contribution >= 4 is 0 Å². The standard InChI is InChI=1S/C20H25N5O2/c1-26-18-10-8-16(9-11-18)13-24(14-19-7-4-12-27-19)15-20-21-22-23-25(20)17-5-2-3-6-17/h4,7-12,17H,2-3,5-6,13-15H2,1H3. The van der Waals surface area contributed by atoms with E-state index in [1.54, 1.807) is 13.4 Å². The molecule has 1 fully saturated rings. The second-order valence-corrected chi connectivity index (χ2v) is 7.05. The van der Waals surface area contributed by atoms with Gasteiger partial charge in [0.2, 0.25) is 0 Å².